The Bertz CT molecular complexity index is 171. The van der Waals surface area contributed by atoms with E-state index >= 15 is 0 Å². The molecule has 5 heteroatoms. The van der Waals surface area contributed by atoms with Gasteiger partial charge in [0.1, 0.15) is 0 Å². The first-order chi connectivity index (χ1) is 5.56. The lowest BCUT2D eigenvalue weighted by Crippen LogP contribution is -2.33. The highest BCUT2D eigenvalue weighted by Gasteiger charge is 1.98. The number of hydrogen-bond donors (Lipinski definition) is 0. The van der Waals surface area contributed by atoms with Crippen LogP contribution in [0.15, 0.2) is 9.98 Å². The Balaban J connectivity index is 0. The standard InChI is InChI=1S/C8H17N3O.ClH/c1-4-9-8-10-6-5-7-11(2,3)12;/h4-7H2,1-3H3;1H. The van der Waals surface area contributed by atoms with E-state index in [1.807, 2.05) is 6.92 Å². The maximum atomic E-state index is 11.0. The third-order valence-electron chi connectivity index (χ3n) is 1.27. The van der Waals surface area contributed by atoms with Crippen molar-refractivity contribution in [3.8, 4) is 0 Å². The van der Waals surface area contributed by atoms with Gasteiger partial charge in [0.2, 0.25) is 0 Å². The Morgan fingerprint density at radius 2 is 1.92 bits per heavy atom. The number of aliphatic imine (C=N–C) groups is 2. The number of halogens is 1. The van der Waals surface area contributed by atoms with Crippen molar-refractivity contribution >= 4 is 18.4 Å². The van der Waals surface area contributed by atoms with Gasteiger partial charge >= 0.3 is 0 Å². The Morgan fingerprint density at radius 1 is 1.31 bits per heavy atom. The zero-order chi connectivity index (χ0) is 9.45. The van der Waals surface area contributed by atoms with Crippen LogP contribution in [0.3, 0.4) is 0 Å². The van der Waals surface area contributed by atoms with E-state index in [1.54, 1.807) is 14.1 Å². The number of hydroxylamine groups is 3. The second-order valence-corrected chi connectivity index (χ2v) is 3.11. The summed E-state index contributed by atoms with van der Waals surface area (Å²) in [7, 11) is 3.26. The van der Waals surface area contributed by atoms with Gasteiger partial charge in [-0.3, -0.25) is 0 Å². The summed E-state index contributed by atoms with van der Waals surface area (Å²) < 4.78 is -0.250. The van der Waals surface area contributed by atoms with Crippen LogP contribution in [-0.2, 0) is 0 Å². The Morgan fingerprint density at radius 3 is 2.38 bits per heavy atom. The summed E-state index contributed by atoms with van der Waals surface area (Å²) in [5.74, 6) is 0. The molecule has 0 aromatic heterocycles. The smallest absolute Gasteiger partial charge is 0.0892 e. The predicted molar refractivity (Wildman–Crippen MR) is 57.5 cm³/mol. The summed E-state index contributed by atoms with van der Waals surface area (Å²) in [4.78, 5) is 7.70. The molecule has 0 unspecified atom stereocenters. The normalized spacial score (nSPS) is 9.85. The second-order valence-electron chi connectivity index (χ2n) is 3.11. The van der Waals surface area contributed by atoms with Gasteiger partial charge in [0.05, 0.1) is 33.2 Å². The lowest BCUT2D eigenvalue weighted by molar-refractivity contribution is -0.840. The van der Waals surface area contributed by atoms with Crippen molar-refractivity contribution in [1.82, 2.24) is 0 Å². The van der Waals surface area contributed by atoms with Gasteiger partial charge in [-0.2, -0.15) is 0 Å². The van der Waals surface area contributed by atoms with Gasteiger partial charge in [-0.05, 0) is 6.92 Å². The van der Waals surface area contributed by atoms with Crippen molar-refractivity contribution in [2.45, 2.75) is 13.3 Å². The van der Waals surface area contributed by atoms with Gasteiger partial charge in [-0.25, -0.2) is 9.98 Å². The molecule has 0 saturated carbocycles. The average Bonchev–Trinajstić information content (AvgIpc) is 1.94. The minimum atomic E-state index is -0.250. The van der Waals surface area contributed by atoms with Crippen LogP contribution in [-0.4, -0.2) is 44.4 Å². The fourth-order valence-corrected chi connectivity index (χ4v) is 0.701. The number of quaternary nitrogens is 1. The number of rotatable bonds is 5. The molecule has 0 fully saturated rings. The molecule has 0 saturated heterocycles. The molecule has 0 aliphatic heterocycles. The fraction of sp³-hybridized carbons (Fsp3) is 0.875. The summed E-state index contributed by atoms with van der Waals surface area (Å²) in [5.41, 5.74) is 0. The number of hydrogen-bond acceptors (Lipinski definition) is 3. The van der Waals surface area contributed by atoms with E-state index in [9.17, 15) is 5.21 Å². The van der Waals surface area contributed by atoms with Crippen LogP contribution in [0.1, 0.15) is 13.3 Å². The Labute approximate surface area is 86.0 Å². The molecule has 4 nitrogen and oxygen atoms in total. The van der Waals surface area contributed by atoms with Crippen LogP contribution >= 0.6 is 12.4 Å². The molecular weight excluding hydrogens is 190 g/mol. The first-order valence-electron chi connectivity index (χ1n) is 4.18. The van der Waals surface area contributed by atoms with Crippen LogP contribution in [0.25, 0.3) is 0 Å². The van der Waals surface area contributed by atoms with Crippen LogP contribution in [0.5, 0.6) is 0 Å². The predicted octanol–water partition coefficient (Wildman–Crippen LogP) is 1.57. The van der Waals surface area contributed by atoms with Crippen molar-refractivity contribution < 1.29 is 4.65 Å². The zero-order valence-electron chi connectivity index (χ0n) is 8.49. The Hall–Kier alpha value is -0.410. The lowest BCUT2D eigenvalue weighted by Gasteiger charge is -2.33. The first-order valence-corrected chi connectivity index (χ1v) is 4.18. The molecule has 0 heterocycles. The van der Waals surface area contributed by atoms with Gasteiger partial charge in [0.25, 0.3) is 0 Å². The monoisotopic (exact) mass is 207 g/mol. The molecule has 0 rings (SSSR count). The van der Waals surface area contributed by atoms with Crippen molar-refractivity contribution in [2.24, 2.45) is 9.98 Å². The highest BCUT2D eigenvalue weighted by molar-refractivity contribution is 5.85. The third-order valence-corrected chi connectivity index (χ3v) is 1.27. The summed E-state index contributed by atoms with van der Waals surface area (Å²) >= 11 is 0. The van der Waals surface area contributed by atoms with Crippen molar-refractivity contribution in [1.29, 1.82) is 0 Å². The van der Waals surface area contributed by atoms with Gasteiger partial charge < -0.3 is 9.85 Å². The molecule has 0 aromatic rings. The molecule has 0 aromatic carbocycles. The zero-order valence-corrected chi connectivity index (χ0v) is 9.30. The summed E-state index contributed by atoms with van der Waals surface area (Å²) in [6, 6.07) is 2.56. The molecule has 0 radical (unpaired) electrons. The lowest BCUT2D eigenvalue weighted by atomic mass is 10.4. The third kappa shape index (κ3) is 14.4. The average molecular weight is 208 g/mol. The maximum absolute atomic E-state index is 11.0. The highest BCUT2D eigenvalue weighted by Crippen LogP contribution is 1.94. The van der Waals surface area contributed by atoms with E-state index in [1.165, 1.54) is 0 Å². The molecule has 0 aliphatic carbocycles. The summed E-state index contributed by atoms with van der Waals surface area (Å²) in [5, 5.41) is 11.0. The van der Waals surface area contributed by atoms with E-state index < -0.39 is 0 Å². The molecule has 0 spiro atoms. The first kappa shape index (κ1) is 15.1. The van der Waals surface area contributed by atoms with Crippen molar-refractivity contribution in [2.75, 3.05) is 33.7 Å². The molecule has 78 valence electrons. The van der Waals surface area contributed by atoms with Gasteiger partial charge in [0.15, 0.2) is 0 Å². The van der Waals surface area contributed by atoms with Crippen LogP contribution in [0.4, 0.5) is 0 Å². The van der Waals surface area contributed by atoms with Crippen LogP contribution < -0.4 is 0 Å². The molecule has 0 bridgehead atoms. The summed E-state index contributed by atoms with van der Waals surface area (Å²) in [6.07, 6.45) is 0.794. The Kier molecular flexibility index (Phi) is 9.51. The van der Waals surface area contributed by atoms with Gasteiger partial charge in [-0.15, -0.1) is 12.4 Å². The fourth-order valence-electron chi connectivity index (χ4n) is 0.701. The van der Waals surface area contributed by atoms with E-state index in [0.29, 0.717) is 19.6 Å². The minimum Gasteiger partial charge on any atom is -0.633 e. The largest absolute Gasteiger partial charge is 0.633 e. The molecule has 0 aliphatic rings. The SMILES string of the molecule is CCN=C=NCCC[N+](C)(C)[O-].Cl. The van der Waals surface area contributed by atoms with Crippen molar-refractivity contribution in [3.63, 3.8) is 0 Å². The number of nitrogens with zero attached hydrogens (tertiary/aromatic N) is 3. The molecule has 13 heavy (non-hydrogen) atoms. The topological polar surface area (TPSA) is 47.8 Å². The molecule has 0 N–H and O–H groups in total. The van der Waals surface area contributed by atoms with Gasteiger partial charge in [0, 0.05) is 13.0 Å². The van der Waals surface area contributed by atoms with Crippen LogP contribution in [0.2, 0.25) is 0 Å². The second kappa shape index (κ2) is 8.20. The molecular formula is C8H18ClN3O. The van der Waals surface area contributed by atoms with Gasteiger partial charge in [-0.1, -0.05) is 0 Å². The molecule has 0 amide bonds. The van der Waals surface area contributed by atoms with E-state index in [0.717, 1.165) is 6.42 Å². The van der Waals surface area contributed by atoms with Crippen molar-refractivity contribution in [3.05, 3.63) is 5.21 Å². The molecule has 0 atom stereocenters. The minimum absolute atomic E-state index is 0. The van der Waals surface area contributed by atoms with E-state index in [4.69, 9.17) is 0 Å². The quantitative estimate of drug-likeness (QED) is 0.292. The van der Waals surface area contributed by atoms with Crippen LogP contribution in [0, 0.1) is 5.21 Å². The highest BCUT2D eigenvalue weighted by atomic mass is 35.5. The summed E-state index contributed by atoms with van der Waals surface area (Å²) in [6.45, 7) is 3.89. The maximum Gasteiger partial charge on any atom is 0.0892 e. The van der Waals surface area contributed by atoms with E-state index in [2.05, 4.69) is 16.0 Å². The van der Waals surface area contributed by atoms with E-state index in [-0.39, 0.29) is 17.1 Å².